The van der Waals surface area contributed by atoms with Crippen molar-refractivity contribution in [2.45, 2.75) is 64.7 Å². The summed E-state index contributed by atoms with van der Waals surface area (Å²) in [5, 5.41) is 5.30. The Kier molecular flexibility index (Phi) is 12.7. The third-order valence-electron chi connectivity index (χ3n) is 10.7. The maximum Gasteiger partial charge on any atom is 0.410 e. The van der Waals surface area contributed by atoms with Crippen LogP contribution in [0, 0.1) is 11.8 Å². The van der Waals surface area contributed by atoms with Gasteiger partial charge >= 0.3 is 18.3 Å². The van der Waals surface area contributed by atoms with Crippen molar-refractivity contribution >= 4 is 30.1 Å². The van der Waals surface area contributed by atoms with Gasteiger partial charge in [-0.2, -0.15) is 0 Å². The van der Waals surface area contributed by atoms with E-state index in [1.807, 2.05) is 76.2 Å². The van der Waals surface area contributed by atoms with Gasteiger partial charge in [0, 0.05) is 6.54 Å². The minimum atomic E-state index is -0.887. The average Bonchev–Trinajstić information content (AvgIpc) is 4.07. The van der Waals surface area contributed by atoms with E-state index in [9.17, 15) is 24.0 Å². The Morgan fingerprint density at radius 3 is 1.55 bits per heavy atom. The van der Waals surface area contributed by atoms with Crippen LogP contribution in [0.25, 0.3) is 33.6 Å². The number of imidazole rings is 2. The molecule has 0 bridgehead atoms. The number of benzene rings is 2. The Labute approximate surface area is 336 Å². The maximum atomic E-state index is 13.8. The van der Waals surface area contributed by atoms with E-state index in [0.29, 0.717) is 18.2 Å². The number of likely N-dealkylation sites (tertiary alicyclic amines) is 1. The Morgan fingerprint density at radius 1 is 0.655 bits per heavy atom. The first-order valence-corrected chi connectivity index (χ1v) is 19.3. The van der Waals surface area contributed by atoms with Crippen LogP contribution in [-0.2, 0) is 23.8 Å². The highest BCUT2D eigenvalue weighted by Crippen LogP contribution is 2.34. The summed E-state index contributed by atoms with van der Waals surface area (Å²) in [7, 11) is 3.79. The zero-order valence-corrected chi connectivity index (χ0v) is 33.8. The van der Waals surface area contributed by atoms with Crippen LogP contribution in [0.2, 0.25) is 0 Å². The molecule has 2 aliphatic rings. The summed E-state index contributed by atoms with van der Waals surface area (Å²) < 4.78 is 14.4. The molecule has 2 aromatic carbocycles. The number of hydrogen-bond acceptors (Lipinski definition) is 10. The predicted molar refractivity (Wildman–Crippen MR) is 213 cm³/mol. The molecule has 4 aromatic rings. The van der Waals surface area contributed by atoms with Crippen molar-refractivity contribution in [3.05, 3.63) is 72.6 Å². The van der Waals surface area contributed by atoms with Gasteiger partial charge in [-0.1, -0.05) is 76.2 Å². The lowest BCUT2D eigenvalue weighted by molar-refractivity contribution is -0.136. The largest absolute Gasteiger partial charge is 0.453 e. The number of ether oxygens (including phenoxy) is 3. The molecule has 2 fully saturated rings. The van der Waals surface area contributed by atoms with Crippen molar-refractivity contribution in [1.29, 1.82) is 0 Å². The quantitative estimate of drug-likeness (QED) is 0.141. The van der Waals surface area contributed by atoms with E-state index in [0.717, 1.165) is 46.5 Å². The number of alkyl carbamates (subject to hydrolysis) is 2. The minimum absolute atomic E-state index is 0.0378. The van der Waals surface area contributed by atoms with Crippen LogP contribution in [0.3, 0.4) is 0 Å². The number of H-pyrrole nitrogens is 2. The summed E-state index contributed by atoms with van der Waals surface area (Å²) in [6.07, 6.45) is 3.12. The number of aromatic amines is 2. The fourth-order valence-electron chi connectivity index (χ4n) is 7.43. The number of carbonyl (C=O) groups is 5. The van der Waals surface area contributed by atoms with E-state index in [1.54, 1.807) is 17.3 Å². The lowest BCUT2D eigenvalue weighted by Crippen LogP contribution is -2.51. The molecule has 0 spiro atoms. The fourth-order valence-corrected chi connectivity index (χ4v) is 7.43. The Bertz CT molecular complexity index is 2100. The van der Waals surface area contributed by atoms with Crippen LogP contribution in [-0.4, -0.2) is 118 Å². The highest BCUT2D eigenvalue weighted by molar-refractivity contribution is 5.87. The SMILES string of the molecule is COC(=O)N[C@H](C(=O)N1CCC[C@H]1c1ncc(-c2ccc(-c3ccc(-c4cnc([C@@H]5CN(C(=O)OC)CN5C(=O)[C@@H](NC(=O)OC)C(C)C)[nH]4)cc3)cc2)[nH]1)C(C)C. The highest BCUT2D eigenvalue weighted by Gasteiger charge is 2.43. The monoisotopic (exact) mass is 797 g/mol. The highest BCUT2D eigenvalue weighted by atomic mass is 16.5. The third kappa shape index (κ3) is 8.77. The first-order valence-electron chi connectivity index (χ1n) is 19.3. The lowest BCUT2D eigenvalue weighted by atomic mass is 10.0. The molecule has 2 aliphatic heterocycles. The second kappa shape index (κ2) is 17.8. The number of hydrogen-bond donors (Lipinski definition) is 4. The summed E-state index contributed by atoms with van der Waals surface area (Å²) in [6.45, 7) is 8.09. The second-order valence-corrected chi connectivity index (χ2v) is 15.1. The maximum absolute atomic E-state index is 13.8. The number of carbonyl (C=O) groups excluding carboxylic acids is 5. The molecule has 308 valence electrons. The molecule has 17 nitrogen and oxygen atoms in total. The summed E-state index contributed by atoms with van der Waals surface area (Å²) in [6, 6.07) is 13.7. The van der Waals surface area contributed by atoms with Crippen molar-refractivity contribution < 1.29 is 38.2 Å². The minimum Gasteiger partial charge on any atom is -0.453 e. The Hall–Kier alpha value is -6.39. The van der Waals surface area contributed by atoms with Crippen LogP contribution in [0.4, 0.5) is 14.4 Å². The molecule has 58 heavy (non-hydrogen) atoms. The van der Waals surface area contributed by atoms with Crippen molar-refractivity contribution in [2.75, 3.05) is 41.1 Å². The van der Waals surface area contributed by atoms with E-state index < -0.39 is 36.4 Å². The van der Waals surface area contributed by atoms with Crippen LogP contribution in [0.15, 0.2) is 60.9 Å². The molecular formula is C41H51N9O8. The second-order valence-electron chi connectivity index (χ2n) is 15.1. The zero-order chi connectivity index (χ0) is 41.7. The normalized spacial score (nSPS) is 17.6. The van der Waals surface area contributed by atoms with Gasteiger partial charge in [0.05, 0.1) is 64.4 Å². The molecule has 2 aromatic heterocycles. The standard InChI is InChI=1S/C41H51N9O8/c1-23(2)33(46-39(53)56-5)37(51)49-18-8-9-31(49)35-42-19-29(44-35)27-14-10-25(11-15-27)26-12-16-28(17-13-26)30-20-43-36(45-30)32-21-48(41(55)58-7)22-50(32)38(52)34(24(3)4)47-40(54)57-6/h10-17,19-20,23-24,31-34H,8-9,18,21-22H2,1-7H3,(H,42,44)(H,43,45)(H,46,53)(H,47,54)/t31-,32-,33-,34-/m0/s1. The number of aromatic nitrogens is 4. The van der Waals surface area contributed by atoms with Gasteiger partial charge in [-0.3, -0.25) is 14.5 Å². The van der Waals surface area contributed by atoms with Gasteiger partial charge < -0.3 is 44.6 Å². The first kappa shape index (κ1) is 41.2. The van der Waals surface area contributed by atoms with Gasteiger partial charge in [0.2, 0.25) is 11.8 Å². The molecule has 6 rings (SSSR count). The van der Waals surface area contributed by atoms with E-state index in [4.69, 9.17) is 14.2 Å². The Balaban J connectivity index is 1.14. The zero-order valence-electron chi connectivity index (χ0n) is 33.8. The van der Waals surface area contributed by atoms with Gasteiger partial charge in [-0.25, -0.2) is 24.4 Å². The van der Waals surface area contributed by atoms with Gasteiger partial charge in [-0.15, -0.1) is 0 Å². The molecule has 0 unspecified atom stereocenters. The molecule has 4 heterocycles. The molecule has 0 aliphatic carbocycles. The summed E-state index contributed by atoms with van der Waals surface area (Å²) in [5.74, 6) is 0.274. The summed E-state index contributed by atoms with van der Waals surface area (Å²) in [5.41, 5.74) is 5.38. The summed E-state index contributed by atoms with van der Waals surface area (Å²) >= 11 is 0. The van der Waals surface area contributed by atoms with E-state index in [2.05, 4.69) is 30.6 Å². The summed E-state index contributed by atoms with van der Waals surface area (Å²) in [4.78, 5) is 84.6. The number of methoxy groups -OCH3 is 3. The molecule has 4 atom stereocenters. The van der Waals surface area contributed by atoms with Gasteiger partial charge in [0.25, 0.3) is 0 Å². The van der Waals surface area contributed by atoms with Crippen LogP contribution in [0.1, 0.15) is 64.3 Å². The molecule has 4 N–H and O–H groups in total. The van der Waals surface area contributed by atoms with E-state index in [-0.39, 0.29) is 42.9 Å². The van der Waals surface area contributed by atoms with Gasteiger partial charge in [-0.05, 0) is 46.9 Å². The van der Waals surface area contributed by atoms with Crippen molar-refractivity contribution in [3.63, 3.8) is 0 Å². The first-order chi connectivity index (χ1) is 27.8. The topological polar surface area (TPSA) is 204 Å². The van der Waals surface area contributed by atoms with E-state index in [1.165, 1.54) is 31.1 Å². The van der Waals surface area contributed by atoms with Crippen LogP contribution < -0.4 is 10.6 Å². The van der Waals surface area contributed by atoms with Crippen LogP contribution >= 0.6 is 0 Å². The predicted octanol–water partition coefficient (Wildman–Crippen LogP) is 5.47. The fraction of sp³-hybridized carbons (Fsp3) is 0.439. The molecule has 0 radical (unpaired) electrons. The molecule has 5 amide bonds. The number of nitrogens with zero attached hydrogens (tertiary/aromatic N) is 5. The Morgan fingerprint density at radius 2 is 1.10 bits per heavy atom. The number of amides is 5. The lowest BCUT2D eigenvalue weighted by Gasteiger charge is -2.30. The average molecular weight is 798 g/mol. The number of rotatable bonds is 11. The molecule has 17 heteroatoms. The molecule has 2 saturated heterocycles. The third-order valence-corrected chi connectivity index (χ3v) is 10.7. The smallest absolute Gasteiger partial charge is 0.410 e. The number of nitrogens with one attached hydrogen (secondary N) is 4. The van der Waals surface area contributed by atoms with Gasteiger partial charge in [0.15, 0.2) is 0 Å². The van der Waals surface area contributed by atoms with Crippen molar-refractivity contribution in [3.8, 4) is 33.6 Å². The van der Waals surface area contributed by atoms with Gasteiger partial charge in [0.1, 0.15) is 29.8 Å². The van der Waals surface area contributed by atoms with Crippen molar-refractivity contribution in [2.24, 2.45) is 11.8 Å². The molecule has 0 saturated carbocycles. The van der Waals surface area contributed by atoms with E-state index >= 15 is 0 Å². The van der Waals surface area contributed by atoms with Crippen molar-refractivity contribution in [1.82, 2.24) is 45.3 Å². The van der Waals surface area contributed by atoms with Crippen LogP contribution in [0.5, 0.6) is 0 Å². The molecular weight excluding hydrogens is 747 g/mol.